The monoisotopic (exact) mass is 776 g/mol. The number of imidazole rings is 1. The Labute approximate surface area is 344 Å². The van der Waals surface area contributed by atoms with Crippen LogP contribution in [0.25, 0.3) is 37.3 Å². The minimum Gasteiger partial charge on any atom is -0.457 e. The number of thiazole rings is 1. The van der Waals surface area contributed by atoms with Crippen molar-refractivity contribution in [3.63, 3.8) is 0 Å². The Morgan fingerprint density at radius 2 is 1.44 bits per heavy atom. The number of hydrogen-bond donors (Lipinski definition) is 0. The van der Waals surface area contributed by atoms with E-state index >= 15 is 0 Å². The third kappa shape index (κ3) is 5.11. The van der Waals surface area contributed by atoms with Crippen LogP contribution in [0.4, 0.5) is 0 Å². The van der Waals surface area contributed by atoms with Gasteiger partial charge >= 0.3 is 0 Å². The third-order valence-electron chi connectivity index (χ3n) is 12.6. The fourth-order valence-corrected chi connectivity index (χ4v) is 15.9. The summed E-state index contributed by atoms with van der Waals surface area (Å²) in [5.41, 5.74) is 7.36. The lowest BCUT2D eigenvalue weighted by atomic mass is 9.76. The molecule has 57 heavy (non-hydrogen) atoms. The van der Waals surface area contributed by atoms with Crippen molar-refractivity contribution >= 4 is 66.4 Å². The van der Waals surface area contributed by atoms with Gasteiger partial charge in [0.05, 0.1) is 21.3 Å². The van der Waals surface area contributed by atoms with Gasteiger partial charge in [-0.05, 0) is 87.4 Å². The van der Waals surface area contributed by atoms with Crippen LogP contribution in [0.1, 0.15) is 73.1 Å². The Morgan fingerprint density at radius 3 is 2.21 bits per heavy atom. The van der Waals surface area contributed by atoms with Crippen LogP contribution in [-0.4, -0.2) is 17.5 Å². The molecule has 1 aliphatic heterocycles. The molecule has 0 bridgehead atoms. The largest absolute Gasteiger partial charge is 0.457 e. The van der Waals surface area contributed by atoms with Crippen LogP contribution in [0, 0.1) is 6.92 Å². The van der Waals surface area contributed by atoms with E-state index in [1.54, 1.807) is 11.3 Å². The van der Waals surface area contributed by atoms with Gasteiger partial charge in [0.1, 0.15) is 11.5 Å². The minimum atomic E-state index is -3.41. The maximum Gasteiger partial charge on any atom is 0.195 e. The van der Waals surface area contributed by atoms with Crippen molar-refractivity contribution in [2.75, 3.05) is 0 Å². The smallest absolute Gasteiger partial charge is 0.195 e. The number of benzene rings is 7. The van der Waals surface area contributed by atoms with Crippen molar-refractivity contribution in [2.45, 2.75) is 57.7 Å². The van der Waals surface area contributed by atoms with Crippen molar-refractivity contribution in [3.8, 4) is 22.6 Å². The summed E-state index contributed by atoms with van der Waals surface area (Å²) in [5.74, 6) is 0.418. The predicted octanol–water partition coefficient (Wildman–Crippen LogP) is 11.1. The molecule has 1 saturated carbocycles. The summed E-state index contributed by atoms with van der Waals surface area (Å²) in [5, 5.41) is 4.41. The van der Waals surface area contributed by atoms with Gasteiger partial charge in [0.15, 0.2) is 13.0 Å². The zero-order valence-corrected chi connectivity index (χ0v) is 33.9. The molecule has 1 atom stereocenters. The van der Waals surface area contributed by atoms with Crippen molar-refractivity contribution < 1.29 is 10.2 Å². The fourth-order valence-electron chi connectivity index (χ4n) is 9.96. The second-order valence-corrected chi connectivity index (χ2v) is 20.7. The van der Waals surface area contributed by atoms with Crippen molar-refractivity contribution in [1.29, 1.82) is 0 Å². The molecule has 0 radical (unpaired) electrons. The zero-order valence-electron chi connectivity index (χ0n) is 36.1. The molecule has 2 aliphatic rings. The second kappa shape index (κ2) is 13.2. The molecule has 9 aromatic rings. The first-order chi connectivity index (χ1) is 29.5. The fraction of sp³-hybridized carbons (Fsp3) is 0.173. The number of rotatable bonds is 6. The van der Waals surface area contributed by atoms with Gasteiger partial charge in [0.2, 0.25) is 0 Å². The number of aryl methyl sites for hydroxylation is 1. The molecule has 7 aromatic carbocycles. The summed E-state index contributed by atoms with van der Waals surface area (Å²) in [6.07, 6.45) is 3.63. The number of nitrogens with zero attached hydrogens (tertiary/aromatic N) is 2. The highest BCUT2D eigenvalue weighted by atomic mass is 32.1. The number of ether oxygens (including phenoxy) is 1. The maximum absolute atomic E-state index is 10.1. The lowest BCUT2D eigenvalue weighted by molar-refractivity contribution is 0.421. The van der Waals surface area contributed by atoms with Crippen molar-refractivity contribution in [1.82, 2.24) is 9.38 Å². The first-order valence-electron chi connectivity index (χ1n) is 22.0. The first kappa shape index (κ1) is 30.4. The van der Waals surface area contributed by atoms with Crippen LogP contribution in [0.5, 0.6) is 11.5 Å². The number of hydrogen-bond acceptors (Lipinski definition) is 3. The van der Waals surface area contributed by atoms with E-state index in [4.69, 9.17) is 13.8 Å². The molecule has 0 amide bonds. The first-order valence-corrected chi connectivity index (χ1v) is 22.8. The van der Waals surface area contributed by atoms with E-state index in [0.29, 0.717) is 22.6 Å². The van der Waals surface area contributed by atoms with Gasteiger partial charge in [0.25, 0.3) is 0 Å². The minimum absolute atomic E-state index is 0.563. The van der Waals surface area contributed by atoms with Crippen LogP contribution in [0.3, 0.4) is 0 Å². The summed E-state index contributed by atoms with van der Waals surface area (Å²) >= 11 is 1.70. The van der Waals surface area contributed by atoms with E-state index in [-0.39, 0.29) is 0 Å². The predicted molar refractivity (Wildman–Crippen MR) is 242 cm³/mol. The highest BCUT2D eigenvalue weighted by molar-refractivity contribution is 7.23. The van der Waals surface area contributed by atoms with Crippen molar-refractivity contribution in [2.24, 2.45) is 0 Å². The summed E-state index contributed by atoms with van der Waals surface area (Å²) in [6, 6.07) is 55.1. The normalized spacial score (nSPS) is 18.7. The van der Waals surface area contributed by atoms with E-state index in [1.807, 2.05) is 43.3 Å². The van der Waals surface area contributed by atoms with Gasteiger partial charge < -0.3 is 4.74 Å². The molecular weight excluding hydrogens is 729 g/mol. The van der Waals surface area contributed by atoms with E-state index in [9.17, 15) is 1.37 Å². The van der Waals surface area contributed by atoms with E-state index < -0.39 is 26.2 Å². The molecule has 11 rings (SSSR count). The number of fused-ring (bicyclic) bond motifs is 7. The molecule has 3 heterocycles. The molecule has 0 N–H and O–H groups in total. The van der Waals surface area contributed by atoms with Crippen LogP contribution >= 0.6 is 11.3 Å². The quantitative estimate of drug-likeness (QED) is 0.124. The molecule has 1 unspecified atom stereocenters. The summed E-state index contributed by atoms with van der Waals surface area (Å²) in [7, 11) is -3.41. The molecule has 1 fully saturated rings. The van der Waals surface area contributed by atoms with Gasteiger partial charge in [-0.3, -0.25) is 4.40 Å². The summed E-state index contributed by atoms with van der Waals surface area (Å²) in [4.78, 5) is 6.37. The maximum atomic E-state index is 10.1. The SMILES string of the molecule is [2H]C1(c2ccc([Si](c3ccccc3)(c3ccccc3)c3cccc4c3Oc3ccccc3C4(C)C([2H])([2H])[2H])cc2-c2c(C)ccc3c2nc2sc4ccccc4n23)CCCC1. The summed E-state index contributed by atoms with van der Waals surface area (Å²) < 4.78 is 47.9. The lowest BCUT2D eigenvalue weighted by Gasteiger charge is -2.40. The molecule has 0 spiro atoms. The number of aromatic nitrogens is 2. The average molecular weight is 777 g/mol. The molecule has 0 saturated heterocycles. The molecule has 1 aliphatic carbocycles. The zero-order chi connectivity index (χ0) is 41.7. The highest BCUT2D eigenvalue weighted by Gasteiger charge is 2.47. The molecule has 3 nitrogen and oxygen atoms in total. The Kier molecular flexibility index (Phi) is 7.01. The molecule has 2 aromatic heterocycles. The van der Waals surface area contributed by atoms with Crippen LogP contribution in [0.2, 0.25) is 0 Å². The van der Waals surface area contributed by atoms with E-state index in [0.717, 1.165) is 90.2 Å². The van der Waals surface area contributed by atoms with Gasteiger partial charge in [-0.2, -0.15) is 0 Å². The molecule has 5 heteroatoms. The Morgan fingerprint density at radius 1 is 0.737 bits per heavy atom. The highest BCUT2D eigenvalue weighted by Crippen LogP contribution is 2.48. The second-order valence-electron chi connectivity index (χ2n) is 15.9. The van der Waals surface area contributed by atoms with E-state index in [2.05, 4.69) is 133 Å². The van der Waals surface area contributed by atoms with Crippen LogP contribution in [-0.2, 0) is 5.41 Å². The van der Waals surface area contributed by atoms with Crippen LogP contribution in [0.15, 0.2) is 158 Å². The summed E-state index contributed by atoms with van der Waals surface area (Å²) in [6.45, 7) is 1.65. The molecular formula is C52H44N2OSSi. The Balaban J connectivity index is 1.27. The van der Waals surface area contributed by atoms with Gasteiger partial charge in [-0.15, -0.1) is 0 Å². The lowest BCUT2D eigenvalue weighted by Crippen LogP contribution is -2.75. The average Bonchev–Trinajstić information content (AvgIpc) is 3.99. The van der Waals surface area contributed by atoms with E-state index in [1.165, 1.54) is 4.70 Å². The molecule has 278 valence electrons. The van der Waals surface area contributed by atoms with Gasteiger partial charge in [-0.25, -0.2) is 4.98 Å². The standard InChI is InChI=1S/C52H44N2OSSi/c1-34-29-32-44-49(53-51-54(44)43-25-13-15-27-46(43)56-51)48(34)40-33-38(30-31-39(40)35-17-10-11-18-35)57(36-19-6-4-7-20-36,37-21-8-5-9-22-37)47-28-16-24-42-50(47)55-45-26-14-12-23-41(45)52(42,2)3/h4-9,12-16,19-33,35H,10-11,17-18H2,1-3H3/i2D3,35D. The van der Waals surface area contributed by atoms with Crippen molar-refractivity contribution in [3.05, 3.63) is 180 Å². The number of para-hydroxylation sites is 3. The Hall–Kier alpha value is -5.75. The topological polar surface area (TPSA) is 26.5 Å². The third-order valence-corrected chi connectivity index (χ3v) is 18.4. The van der Waals surface area contributed by atoms with Gasteiger partial charge in [-0.1, -0.05) is 171 Å². The van der Waals surface area contributed by atoms with Gasteiger partial charge in [0, 0.05) is 27.6 Å². The Bertz CT molecular complexity index is 3130. The van der Waals surface area contributed by atoms with Crippen LogP contribution < -0.4 is 25.5 Å².